The molecule has 0 spiro atoms. The fraction of sp³-hybridized carbons (Fsp3) is 0. The van der Waals surface area contributed by atoms with Gasteiger partial charge >= 0.3 is 0 Å². The summed E-state index contributed by atoms with van der Waals surface area (Å²) in [5, 5.41) is 4.42. The van der Waals surface area contributed by atoms with E-state index in [0.717, 1.165) is 71.6 Å². The molecule has 0 saturated carbocycles. The molecule has 0 unspecified atom stereocenters. The summed E-state index contributed by atoms with van der Waals surface area (Å²) in [5.74, 6) is 0. The summed E-state index contributed by atoms with van der Waals surface area (Å²) in [7, 11) is 0. The highest BCUT2D eigenvalue weighted by Crippen LogP contribution is 2.40. The number of para-hydroxylation sites is 1. The predicted molar refractivity (Wildman–Crippen MR) is 254 cm³/mol. The SMILES string of the molecule is [2H]c1c([2H])c([2H])c2c(c1[2H])c1c([2H])c(-c3ccc4c(c3)c3ccc(-c5ccccc5)cc3n4-c3cccc(-c4ccccc4)c3)c([2H])c([2H])c1n2-c1ccc(-c2cccc3ccccc23)cc1. The zero-order valence-corrected chi connectivity index (χ0v) is 32.3. The Morgan fingerprint density at radius 2 is 0.933 bits per heavy atom. The third-order valence-corrected chi connectivity index (χ3v) is 11.8. The smallest absolute Gasteiger partial charge is 0.0645 e. The number of aromatic nitrogens is 2. The van der Waals surface area contributed by atoms with Gasteiger partial charge in [0.25, 0.3) is 0 Å². The van der Waals surface area contributed by atoms with Crippen molar-refractivity contribution >= 4 is 54.4 Å². The van der Waals surface area contributed by atoms with Crippen LogP contribution in [-0.2, 0) is 0 Å². The molecule has 0 bridgehead atoms. The molecule has 2 heterocycles. The maximum Gasteiger partial charge on any atom is 0.0645 e. The minimum atomic E-state index is -0.425. The van der Waals surface area contributed by atoms with Crippen LogP contribution >= 0.6 is 0 Å². The molecule has 2 nitrogen and oxygen atoms in total. The van der Waals surface area contributed by atoms with Crippen LogP contribution < -0.4 is 0 Å². The fourth-order valence-electron chi connectivity index (χ4n) is 8.90. The second kappa shape index (κ2) is 13.9. The number of hydrogen-bond acceptors (Lipinski definition) is 0. The molecule has 12 rings (SSSR count). The van der Waals surface area contributed by atoms with Crippen molar-refractivity contribution in [2.75, 3.05) is 0 Å². The highest BCUT2D eigenvalue weighted by molar-refractivity contribution is 6.13. The average Bonchev–Trinajstić information content (AvgIpc) is 3.91. The minimum absolute atomic E-state index is 0.0813. The van der Waals surface area contributed by atoms with Gasteiger partial charge in [-0.2, -0.15) is 0 Å². The molecule has 60 heavy (non-hydrogen) atoms. The van der Waals surface area contributed by atoms with E-state index in [-0.39, 0.29) is 57.6 Å². The first-order chi connectivity index (χ1) is 32.7. The Labute approximate surface area is 358 Å². The minimum Gasteiger partial charge on any atom is -0.309 e. The maximum atomic E-state index is 9.95. The first-order valence-corrected chi connectivity index (χ1v) is 20.1. The topological polar surface area (TPSA) is 9.86 Å². The molecule has 280 valence electrons. The molecule has 2 aromatic heterocycles. The average molecular weight is 770 g/mol. The van der Waals surface area contributed by atoms with Gasteiger partial charge in [0.05, 0.1) is 31.7 Å². The van der Waals surface area contributed by atoms with E-state index < -0.39 is 12.1 Å². The molecule has 0 N–H and O–H groups in total. The van der Waals surface area contributed by atoms with Crippen LogP contribution in [0, 0.1) is 0 Å². The molecule has 10 aromatic carbocycles. The van der Waals surface area contributed by atoms with Gasteiger partial charge in [-0.1, -0.05) is 170 Å². The first kappa shape index (κ1) is 27.7. The van der Waals surface area contributed by atoms with Crippen LogP contribution in [0.15, 0.2) is 230 Å². The summed E-state index contributed by atoms with van der Waals surface area (Å²) in [4.78, 5) is 0. The van der Waals surface area contributed by atoms with Crippen molar-refractivity contribution in [2.24, 2.45) is 0 Å². The third kappa shape index (κ3) is 5.57. The number of benzene rings is 10. The number of fused-ring (bicyclic) bond motifs is 7. The van der Waals surface area contributed by atoms with Crippen LogP contribution in [0.1, 0.15) is 9.60 Å². The van der Waals surface area contributed by atoms with Crippen LogP contribution in [0.2, 0.25) is 0 Å². The molecular formula is C58H38N2. The highest BCUT2D eigenvalue weighted by atomic mass is 15.0. The molecule has 0 amide bonds. The van der Waals surface area contributed by atoms with E-state index in [2.05, 4.69) is 95.6 Å². The monoisotopic (exact) mass is 769 g/mol. The normalized spacial score (nSPS) is 13.3. The quantitative estimate of drug-likeness (QED) is 0.159. The van der Waals surface area contributed by atoms with E-state index >= 15 is 0 Å². The lowest BCUT2D eigenvalue weighted by molar-refractivity contribution is 1.18. The Hall–Kier alpha value is -7.94. The van der Waals surface area contributed by atoms with Crippen LogP contribution in [0.4, 0.5) is 0 Å². The molecule has 0 aliphatic heterocycles. The molecule has 0 saturated heterocycles. The second-order valence-electron chi connectivity index (χ2n) is 15.2. The summed E-state index contributed by atoms with van der Waals surface area (Å²) in [6.45, 7) is 0. The van der Waals surface area contributed by atoms with Crippen molar-refractivity contribution in [3.63, 3.8) is 0 Å². The lowest BCUT2D eigenvalue weighted by Crippen LogP contribution is -1.95. The zero-order chi connectivity index (χ0) is 45.7. The van der Waals surface area contributed by atoms with Crippen molar-refractivity contribution in [1.29, 1.82) is 0 Å². The van der Waals surface area contributed by atoms with E-state index in [9.17, 15) is 6.85 Å². The Bertz CT molecular complexity index is 3980. The molecule has 0 aliphatic carbocycles. The Morgan fingerprint density at radius 3 is 1.77 bits per heavy atom. The van der Waals surface area contributed by atoms with Crippen LogP contribution in [-0.4, -0.2) is 9.13 Å². The summed E-state index contributed by atoms with van der Waals surface area (Å²) in [6, 6.07) is 61.6. The molecule has 12 aromatic rings. The first-order valence-electron chi connectivity index (χ1n) is 23.6. The van der Waals surface area contributed by atoms with Gasteiger partial charge in [-0.05, 0) is 116 Å². The molecule has 0 atom stereocenters. The summed E-state index contributed by atoms with van der Waals surface area (Å²) >= 11 is 0. The van der Waals surface area contributed by atoms with E-state index in [4.69, 9.17) is 2.74 Å². The largest absolute Gasteiger partial charge is 0.309 e. The lowest BCUT2D eigenvalue weighted by atomic mass is 9.98. The summed E-state index contributed by atoms with van der Waals surface area (Å²) < 4.78 is 69.1. The van der Waals surface area contributed by atoms with E-state index in [1.54, 1.807) is 4.57 Å². The lowest BCUT2D eigenvalue weighted by Gasteiger charge is -2.12. The van der Waals surface area contributed by atoms with Crippen LogP contribution in [0.3, 0.4) is 0 Å². The third-order valence-electron chi connectivity index (χ3n) is 11.8. The molecule has 0 radical (unpaired) electrons. The van der Waals surface area contributed by atoms with Crippen molar-refractivity contribution in [3.05, 3.63) is 230 Å². The van der Waals surface area contributed by atoms with E-state index in [1.807, 2.05) is 97.1 Å². The van der Waals surface area contributed by atoms with Gasteiger partial charge < -0.3 is 9.13 Å². The van der Waals surface area contributed by atoms with Crippen LogP contribution in [0.25, 0.3) is 110 Å². The van der Waals surface area contributed by atoms with Gasteiger partial charge in [-0.25, -0.2) is 0 Å². The molecule has 2 heteroatoms. The maximum absolute atomic E-state index is 9.95. The Balaban J connectivity index is 1.09. The standard InChI is InChI=1S/C58H38N2/c1-3-13-39(14-4-1)43-19-11-20-48(35-43)60-57-34-29-45(37-54(57)52-32-27-46(38-58(52)60)40-15-5-2-6-16-40)44-28-33-56-53(36-44)51-22-9-10-24-55(51)59(56)47-30-25-42(26-31-47)50-23-12-18-41-17-7-8-21-49(41)50/h1-38H/i9D,10D,22D,24D,28D,33D,36D. The predicted octanol–water partition coefficient (Wildman–Crippen LogP) is 15.7. The molecular weight excluding hydrogens is 725 g/mol. The molecule has 0 aliphatic rings. The van der Waals surface area contributed by atoms with Gasteiger partial charge in [0.1, 0.15) is 0 Å². The number of hydrogen-bond donors (Lipinski definition) is 0. The zero-order valence-electron chi connectivity index (χ0n) is 39.3. The fourth-order valence-corrected chi connectivity index (χ4v) is 8.90. The molecule has 0 fully saturated rings. The highest BCUT2D eigenvalue weighted by Gasteiger charge is 2.18. The van der Waals surface area contributed by atoms with E-state index in [0.29, 0.717) is 11.3 Å². The number of nitrogens with zero attached hydrogens (tertiary/aromatic N) is 2. The van der Waals surface area contributed by atoms with Gasteiger partial charge in [-0.3, -0.25) is 0 Å². The van der Waals surface area contributed by atoms with Crippen LogP contribution in [0.5, 0.6) is 0 Å². The van der Waals surface area contributed by atoms with Gasteiger partial charge in [0, 0.05) is 32.9 Å². The van der Waals surface area contributed by atoms with E-state index in [1.165, 1.54) is 0 Å². The van der Waals surface area contributed by atoms with Gasteiger partial charge in [0.15, 0.2) is 0 Å². The van der Waals surface area contributed by atoms with Crippen molar-refractivity contribution < 1.29 is 9.60 Å². The van der Waals surface area contributed by atoms with Gasteiger partial charge in [0.2, 0.25) is 0 Å². The van der Waals surface area contributed by atoms with Crippen molar-refractivity contribution in [1.82, 2.24) is 9.13 Å². The Kier molecular flexibility index (Phi) is 6.39. The van der Waals surface area contributed by atoms with Gasteiger partial charge in [-0.15, -0.1) is 0 Å². The number of rotatable bonds is 6. The summed E-state index contributed by atoms with van der Waals surface area (Å²) in [5.41, 5.74) is 10.9. The second-order valence-corrected chi connectivity index (χ2v) is 15.2. The Morgan fingerprint density at radius 1 is 0.300 bits per heavy atom. The summed E-state index contributed by atoms with van der Waals surface area (Å²) in [6.07, 6.45) is 0. The van der Waals surface area contributed by atoms with Crippen molar-refractivity contribution in [3.8, 4) is 55.9 Å². The van der Waals surface area contributed by atoms with Crippen molar-refractivity contribution in [2.45, 2.75) is 0 Å².